The van der Waals surface area contributed by atoms with Crippen molar-refractivity contribution in [2.75, 3.05) is 5.32 Å². The molecule has 5 rings (SSSR count). The Morgan fingerprint density at radius 1 is 0.800 bits per heavy atom. The fourth-order valence-corrected chi connectivity index (χ4v) is 3.90. The minimum atomic E-state index is -0.182. The maximum atomic E-state index is 13.4. The molecule has 2 aromatic heterocycles. The van der Waals surface area contributed by atoms with Crippen LogP contribution in [0.4, 0.5) is 5.69 Å². The Labute approximate surface area is 181 Å². The number of aromatic nitrogens is 2. The second-order valence-electron chi connectivity index (χ2n) is 6.91. The number of hydrogen-bond donors (Lipinski definition) is 1. The minimum absolute atomic E-state index is 0.182. The van der Waals surface area contributed by atoms with E-state index >= 15 is 0 Å². The molecule has 0 aliphatic heterocycles. The Morgan fingerprint density at radius 3 is 2.47 bits per heavy atom. The van der Waals surface area contributed by atoms with Crippen LogP contribution in [0.5, 0.6) is 0 Å². The number of amides is 1. The van der Waals surface area contributed by atoms with Gasteiger partial charge in [0.2, 0.25) is 0 Å². The van der Waals surface area contributed by atoms with E-state index in [-0.39, 0.29) is 5.91 Å². The van der Waals surface area contributed by atoms with E-state index in [4.69, 9.17) is 4.98 Å². The van der Waals surface area contributed by atoms with E-state index in [9.17, 15) is 4.79 Å². The van der Waals surface area contributed by atoms with Crippen LogP contribution in [-0.2, 0) is 0 Å². The summed E-state index contributed by atoms with van der Waals surface area (Å²) in [5.74, 6) is -0.182. The zero-order chi connectivity index (χ0) is 20.5. The zero-order valence-electron chi connectivity index (χ0n) is 15.8. The number of hydrogen-bond acceptors (Lipinski definition) is 3. The van der Waals surface area contributed by atoms with Crippen LogP contribution in [0.15, 0.2) is 95.6 Å². The molecule has 0 radical (unpaired) electrons. The van der Waals surface area contributed by atoms with E-state index in [0.717, 1.165) is 37.5 Å². The molecule has 0 saturated carbocycles. The van der Waals surface area contributed by atoms with Gasteiger partial charge < -0.3 is 5.32 Å². The largest absolute Gasteiger partial charge is 0.321 e. The average Bonchev–Trinajstić information content (AvgIpc) is 2.79. The molecule has 1 N–H and O–H groups in total. The van der Waals surface area contributed by atoms with Gasteiger partial charge in [0.05, 0.1) is 28.0 Å². The molecule has 0 fully saturated rings. The fourth-order valence-electron chi connectivity index (χ4n) is 3.54. The molecule has 0 bridgehead atoms. The number of rotatable bonds is 3. The third-order valence-corrected chi connectivity index (χ3v) is 5.48. The minimum Gasteiger partial charge on any atom is -0.321 e. The van der Waals surface area contributed by atoms with Crippen LogP contribution in [0, 0.1) is 0 Å². The van der Waals surface area contributed by atoms with Gasteiger partial charge in [-0.05, 0) is 36.4 Å². The number of fused-ring (bicyclic) bond motifs is 2. The standard InChI is InChI=1S/C25H16BrN3O/c26-17-10-11-21-20(14-17)23(12-13-27-21)29-25(30)19-15-24(16-6-2-1-3-7-16)28-22-9-5-4-8-18(19)22/h1-15H,(H,27,29,30). The average molecular weight is 454 g/mol. The van der Waals surface area contributed by atoms with Gasteiger partial charge in [-0.2, -0.15) is 0 Å². The van der Waals surface area contributed by atoms with Crippen LogP contribution in [0.2, 0.25) is 0 Å². The van der Waals surface area contributed by atoms with Gasteiger partial charge in [-0.15, -0.1) is 0 Å². The second-order valence-corrected chi connectivity index (χ2v) is 7.83. The highest BCUT2D eigenvalue weighted by Crippen LogP contribution is 2.28. The van der Waals surface area contributed by atoms with Crippen LogP contribution in [0.1, 0.15) is 10.4 Å². The molecule has 1 amide bonds. The molecule has 3 aromatic carbocycles. The van der Waals surface area contributed by atoms with Gasteiger partial charge in [0.1, 0.15) is 0 Å². The van der Waals surface area contributed by atoms with Gasteiger partial charge >= 0.3 is 0 Å². The molecule has 0 aliphatic carbocycles. The van der Waals surface area contributed by atoms with Gasteiger partial charge in [-0.25, -0.2) is 4.98 Å². The Kier molecular flexibility index (Phi) is 4.73. The van der Waals surface area contributed by atoms with Gasteiger partial charge in [0, 0.05) is 27.0 Å². The lowest BCUT2D eigenvalue weighted by Crippen LogP contribution is -2.13. The van der Waals surface area contributed by atoms with Crippen LogP contribution < -0.4 is 5.32 Å². The maximum absolute atomic E-state index is 13.4. The van der Waals surface area contributed by atoms with Crippen molar-refractivity contribution in [2.45, 2.75) is 0 Å². The van der Waals surface area contributed by atoms with Crippen molar-refractivity contribution < 1.29 is 4.79 Å². The first-order chi connectivity index (χ1) is 14.7. The van der Waals surface area contributed by atoms with Crippen molar-refractivity contribution in [1.82, 2.24) is 9.97 Å². The van der Waals surface area contributed by atoms with Crippen molar-refractivity contribution in [3.63, 3.8) is 0 Å². The summed E-state index contributed by atoms with van der Waals surface area (Å²) < 4.78 is 0.930. The number of carbonyl (C=O) groups is 1. The quantitative estimate of drug-likeness (QED) is 0.340. The zero-order valence-corrected chi connectivity index (χ0v) is 17.4. The molecule has 5 aromatic rings. The van der Waals surface area contributed by atoms with Gasteiger partial charge in [-0.1, -0.05) is 64.5 Å². The smallest absolute Gasteiger partial charge is 0.256 e. The molecule has 0 spiro atoms. The molecule has 2 heterocycles. The Balaban J connectivity index is 1.62. The summed E-state index contributed by atoms with van der Waals surface area (Å²) in [5.41, 5.74) is 4.64. The van der Waals surface area contributed by atoms with E-state index in [0.29, 0.717) is 11.3 Å². The molecule has 144 valence electrons. The van der Waals surface area contributed by atoms with Crippen LogP contribution in [-0.4, -0.2) is 15.9 Å². The van der Waals surface area contributed by atoms with E-state index in [1.165, 1.54) is 0 Å². The fraction of sp³-hybridized carbons (Fsp3) is 0. The van der Waals surface area contributed by atoms with Gasteiger partial charge in [0.15, 0.2) is 0 Å². The summed E-state index contributed by atoms with van der Waals surface area (Å²) in [6.45, 7) is 0. The van der Waals surface area contributed by atoms with Crippen molar-refractivity contribution in [1.29, 1.82) is 0 Å². The monoisotopic (exact) mass is 453 g/mol. The van der Waals surface area contributed by atoms with E-state index in [1.807, 2.05) is 84.9 Å². The lowest BCUT2D eigenvalue weighted by atomic mass is 10.0. The normalized spacial score (nSPS) is 11.0. The van der Waals surface area contributed by atoms with Crippen molar-refractivity contribution in [3.05, 3.63) is 101 Å². The summed E-state index contributed by atoms with van der Waals surface area (Å²) in [7, 11) is 0. The Morgan fingerprint density at radius 2 is 1.60 bits per heavy atom. The summed E-state index contributed by atoms with van der Waals surface area (Å²) in [5, 5.41) is 4.76. The SMILES string of the molecule is O=C(Nc1ccnc2ccc(Br)cc12)c1cc(-c2ccccc2)nc2ccccc12. The number of nitrogens with one attached hydrogen (secondary N) is 1. The number of benzene rings is 3. The molecule has 0 saturated heterocycles. The molecular formula is C25H16BrN3O. The number of para-hydroxylation sites is 1. The molecule has 4 nitrogen and oxygen atoms in total. The summed E-state index contributed by atoms with van der Waals surface area (Å²) in [6.07, 6.45) is 1.70. The molecular weight excluding hydrogens is 438 g/mol. The topological polar surface area (TPSA) is 54.9 Å². The number of nitrogens with zero attached hydrogens (tertiary/aromatic N) is 2. The van der Waals surface area contributed by atoms with Crippen LogP contribution >= 0.6 is 15.9 Å². The van der Waals surface area contributed by atoms with Gasteiger partial charge in [0.25, 0.3) is 5.91 Å². The highest BCUT2D eigenvalue weighted by atomic mass is 79.9. The molecule has 0 aliphatic rings. The molecule has 0 unspecified atom stereocenters. The number of halogens is 1. The first kappa shape index (κ1) is 18.5. The van der Waals surface area contributed by atoms with E-state index in [2.05, 4.69) is 26.2 Å². The van der Waals surface area contributed by atoms with Crippen LogP contribution in [0.25, 0.3) is 33.1 Å². The summed E-state index contributed by atoms with van der Waals surface area (Å²) in [4.78, 5) is 22.5. The third-order valence-electron chi connectivity index (χ3n) is 4.98. The van der Waals surface area contributed by atoms with Gasteiger partial charge in [-0.3, -0.25) is 9.78 Å². The predicted molar refractivity (Wildman–Crippen MR) is 125 cm³/mol. The first-order valence-electron chi connectivity index (χ1n) is 9.50. The first-order valence-corrected chi connectivity index (χ1v) is 10.3. The van der Waals surface area contributed by atoms with E-state index in [1.54, 1.807) is 6.20 Å². The summed E-state index contributed by atoms with van der Waals surface area (Å²) >= 11 is 3.50. The maximum Gasteiger partial charge on any atom is 0.256 e. The van der Waals surface area contributed by atoms with Crippen molar-refractivity contribution in [2.24, 2.45) is 0 Å². The highest BCUT2D eigenvalue weighted by Gasteiger charge is 2.15. The molecule has 0 atom stereocenters. The molecule has 5 heteroatoms. The van der Waals surface area contributed by atoms with Crippen LogP contribution in [0.3, 0.4) is 0 Å². The predicted octanol–water partition coefficient (Wildman–Crippen LogP) is 6.46. The Hall–Kier alpha value is -3.57. The third kappa shape index (κ3) is 3.44. The number of pyridine rings is 2. The Bertz CT molecular complexity index is 1400. The van der Waals surface area contributed by atoms with Crippen molar-refractivity contribution in [3.8, 4) is 11.3 Å². The lowest BCUT2D eigenvalue weighted by molar-refractivity contribution is 0.102. The van der Waals surface area contributed by atoms with Crippen molar-refractivity contribution >= 4 is 49.3 Å². The second kappa shape index (κ2) is 7.69. The lowest BCUT2D eigenvalue weighted by Gasteiger charge is -2.12. The molecule has 30 heavy (non-hydrogen) atoms. The van der Waals surface area contributed by atoms with E-state index < -0.39 is 0 Å². The summed E-state index contributed by atoms with van der Waals surface area (Å²) in [6, 6.07) is 27.1. The number of anilines is 1. The number of carbonyl (C=O) groups excluding carboxylic acids is 1. The highest BCUT2D eigenvalue weighted by molar-refractivity contribution is 9.10.